The highest BCUT2D eigenvalue weighted by atomic mass is 32.1. The van der Waals surface area contributed by atoms with E-state index in [0.29, 0.717) is 31.4 Å². The van der Waals surface area contributed by atoms with Crippen molar-refractivity contribution in [3.05, 3.63) is 64.9 Å². The van der Waals surface area contributed by atoms with Crippen LogP contribution in [-0.4, -0.2) is 101 Å². The molecule has 11 nitrogen and oxygen atoms in total. The van der Waals surface area contributed by atoms with Gasteiger partial charge in [0.25, 0.3) is 5.91 Å². The summed E-state index contributed by atoms with van der Waals surface area (Å²) in [6, 6.07) is 13.4. The van der Waals surface area contributed by atoms with Gasteiger partial charge in [0.05, 0.1) is 4.88 Å². The molecule has 40 heavy (non-hydrogen) atoms. The van der Waals surface area contributed by atoms with E-state index in [-0.39, 0.29) is 24.4 Å². The van der Waals surface area contributed by atoms with Gasteiger partial charge >= 0.3 is 18.0 Å². The minimum atomic E-state index is -1.26. The molecule has 12 heteroatoms. The summed E-state index contributed by atoms with van der Waals surface area (Å²) in [5.74, 6) is -2.42. The van der Waals surface area contributed by atoms with E-state index in [0.717, 1.165) is 36.6 Å². The molecular formula is C28H34N4O7S. The van der Waals surface area contributed by atoms with Crippen molar-refractivity contribution >= 4 is 46.7 Å². The summed E-state index contributed by atoms with van der Waals surface area (Å²) in [6.07, 6.45) is 3.80. The van der Waals surface area contributed by atoms with E-state index in [9.17, 15) is 24.0 Å². The summed E-state index contributed by atoms with van der Waals surface area (Å²) in [6.45, 7) is 2.65. The second-order valence-electron chi connectivity index (χ2n) is 9.70. The predicted molar refractivity (Wildman–Crippen MR) is 150 cm³/mol. The molecule has 0 unspecified atom stereocenters. The van der Waals surface area contributed by atoms with E-state index in [4.69, 9.17) is 10.2 Å². The number of hydrogen-bond donors (Lipinski definition) is 2. The van der Waals surface area contributed by atoms with E-state index < -0.39 is 17.5 Å². The SMILES string of the molecule is CN(C)C(=O)N1CN(c2ccccc2)C2(CCN(CCCC(=O)c3cccs3)CC2)C1=O.O=C(O)/C=C/C(=O)O. The third kappa shape index (κ3) is 7.54. The Balaban J connectivity index is 0.000000482. The van der Waals surface area contributed by atoms with Crippen molar-refractivity contribution in [3.63, 3.8) is 0 Å². The topological polar surface area (TPSA) is 139 Å². The molecule has 0 atom stereocenters. The number of para-hydroxylation sites is 1. The van der Waals surface area contributed by atoms with Gasteiger partial charge in [-0.3, -0.25) is 9.59 Å². The second-order valence-corrected chi connectivity index (χ2v) is 10.6. The lowest BCUT2D eigenvalue weighted by molar-refractivity contribution is -0.134. The molecule has 1 spiro atoms. The van der Waals surface area contributed by atoms with Crippen LogP contribution in [0.4, 0.5) is 10.5 Å². The van der Waals surface area contributed by atoms with Crippen LogP contribution in [0, 0.1) is 0 Å². The van der Waals surface area contributed by atoms with Crippen LogP contribution in [0.15, 0.2) is 60.0 Å². The standard InChI is InChI=1S/C24H30N4O3S.C4H4O4/c1-25(2)23(31)27-18-28(19-8-4-3-5-9-19)24(22(27)30)12-15-26(16-13-24)14-6-10-20(29)21-11-7-17-32-21;5-3(6)1-2-4(7)8/h3-5,7-9,11,17H,6,10,12-16,18H2,1-2H3;1-2H,(H,5,6)(H,7,8)/b;2-1+. The van der Waals surface area contributed by atoms with Gasteiger partial charge in [0, 0.05) is 51.4 Å². The average Bonchev–Trinajstić information content (AvgIpc) is 3.57. The minimum absolute atomic E-state index is 0.104. The highest BCUT2D eigenvalue weighted by Crippen LogP contribution is 2.39. The smallest absolute Gasteiger partial charge is 0.328 e. The lowest BCUT2D eigenvalue weighted by Crippen LogP contribution is -2.57. The number of ketones is 1. The summed E-state index contributed by atoms with van der Waals surface area (Å²) >= 11 is 1.49. The van der Waals surface area contributed by atoms with Crippen molar-refractivity contribution in [2.24, 2.45) is 0 Å². The number of carbonyl (C=O) groups excluding carboxylic acids is 3. The van der Waals surface area contributed by atoms with Crippen LogP contribution < -0.4 is 4.90 Å². The quantitative estimate of drug-likeness (QED) is 0.362. The van der Waals surface area contributed by atoms with Gasteiger partial charge < -0.3 is 24.9 Å². The number of piperidine rings is 1. The molecule has 1 aromatic carbocycles. The molecule has 214 valence electrons. The number of rotatable bonds is 8. The third-order valence-electron chi connectivity index (χ3n) is 6.85. The number of amides is 3. The highest BCUT2D eigenvalue weighted by molar-refractivity contribution is 7.12. The van der Waals surface area contributed by atoms with Gasteiger partial charge in [-0.05, 0) is 49.4 Å². The molecule has 2 fully saturated rings. The molecule has 4 rings (SSSR count). The largest absolute Gasteiger partial charge is 0.478 e. The Labute approximate surface area is 236 Å². The van der Waals surface area contributed by atoms with Crippen LogP contribution in [0.25, 0.3) is 0 Å². The number of nitrogens with zero attached hydrogens (tertiary/aromatic N) is 4. The summed E-state index contributed by atoms with van der Waals surface area (Å²) in [5.41, 5.74) is 0.265. The second kappa shape index (κ2) is 13.9. The Kier molecular flexibility index (Phi) is 10.6. The van der Waals surface area contributed by atoms with E-state index in [1.807, 2.05) is 47.8 Å². The van der Waals surface area contributed by atoms with Gasteiger partial charge in [0.15, 0.2) is 5.78 Å². The number of carbonyl (C=O) groups is 5. The van der Waals surface area contributed by atoms with Crippen molar-refractivity contribution in [1.29, 1.82) is 0 Å². The maximum Gasteiger partial charge on any atom is 0.328 e. The molecular weight excluding hydrogens is 536 g/mol. The van der Waals surface area contributed by atoms with Crippen molar-refractivity contribution < 1.29 is 34.2 Å². The zero-order chi connectivity index (χ0) is 29.3. The molecule has 2 aliphatic heterocycles. The Hall–Kier alpha value is -4.03. The van der Waals surface area contributed by atoms with Gasteiger partial charge in [-0.1, -0.05) is 24.3 Å². The predicted octanol–water partition coefficient (Wildman–Crippen LogP) is 3.25. The number of hydrogen-bond acceptors (Lipinski definition) is 8. The van der Waals surface area contributed by atoms with Gasteiger partial charge in [-0.25, -0.2) is 19.3 Å². The van der Waals surface area contributed by atoms with Crippen LogP contribution >= 0.6 is 11.3 Å². The number of aliphatic carboxylic acids is 2. The zero-order valence-corrected chi connectivity index (χ0v) is 23.4. The van der Waals surface area contributed by atoms with Crippen molar-refractivity contribution in [1.82, 2.24) is 14.7 Å². The van der Waals surface area contributed by atoms with Crippen LogP contribution in [0.3, 0.4) is 0 Å². The summed E-state index contributed by atoms with van der Waals surface area (Å²) in [7, 11) is 3.35. The van der Waals surface area contributed by atoms with Crippen LogP contribution in [-0.2, 0) is 14.4 Å². The number of likely N-dealkylation sites (tertiary alicyclic amines) is 1. The Morgan fingerprint density at radius 2 is 1.60 bits per heavy atom. The van der Waals surface area contributed by atoms with E-state index in [1.54, 1.807) is 14.1 Å². The fourth-order valence-corrected chi connectivity index (χ4v) is 5.52. The van der Waals surface area contributed by atoms with Crippen molar-refractivity contribution in [2.45, 2.75) is 31.2 Å². The van der Waals surface area contributed by atoms with Gasteiger partial charge in [0.2, 0.25) is 0 Å². The normalized spacial score (nSPS) is 16.6. The molecule has 3 amide bonds. The van der Waals surface area contributed by atoms with Crippen molar-refractivity contribution in [3.8, 4) is 0 Å². The fourth-order valence-electron chi connectivity index (χ4n) is 4.83. The molecule has 2 aliphatic rings. The fraction of sp³-hybridized carbons (Fsp3) is 0.393. The first-order valence-electron chi connectivity index (χ1n) is 12.8. The average molecular weight is 571 g/mol. The number of benzene rings is 1. The molecule has 2 aromatic rings. The van der Waals surface area contributed by atoms with Crippen molar-refractivity contribution in [2.75, 3.05) is 45.3 Å². The monoisotopic (exact) mass is 570 g/mol. The minimum Gasteiger partial charge on any atom is -0.478 e. The number of carboxylic acids is 2. The number of carboxylic acid groups (broad SMARTS) is 2. The first-order valence-corrected chi connectivity index (χ1v) is 13.7. The summed E-state index contributed by atoms with van der Waals surface area (Å²) in [5, 5.41) is 17.6. The first kappa shape index (κ1) is 30.5. The van der Waals surface area contributed by atoms with Crippen LogP contribution in [0.1, 0.15) is 35.4 Å². The molecule has 0 bridgehead atoms. The molecule has 0 radical (unpaired) electrons. The molecule has 2 saturated heterocycles. The number of urea groups is 1. The van der Waals surface area contributed by atoms with Gasteiger partial charge in [-0.15, -0.1) is 11.3 Å². The van der Waals surface area contributed by atoms with Crippen LogP contribution in [0.2, 0.25) is 0 Å². The highest BCUT2D eigenvalue weighted by Gasteiger charge is 2.55. The molecule has 2 N–H and O–H groups in total. The number of anilines is 1. The van der Waals surface area contributed by atoms with Gasteiger partial charge in [0.1, 0.15) is 12.2 Å². The van der Waals surface area contributed by atoms with E-state index >= 15 is 0 Å². The number of Topliss-reactive ketones (excluding diaryl/α,β-unsaturated/α-hetero) is 1. The maximum absolute atomic E-state index is 13.5. The maximum atomic E-state index is 13.5. The van der Waals surface area contributed by atoms with Crippen LogP contribution in [0.5, 0.6) is 0 Å². The molecule has 0 aliphatic carbocycles. The summed E-state index contributed by atoms with van der Waals surface area (Å²) in [4.78, 5) is 65.7. The summed E-state index contributed by atoms with van der Waals surface area (Å²) < 4.78 is 0. The zero-order valence-electron chi connectivity index (χ0n) is 22.6. The first-order chi connectivity index (χ1) is 19.0. The lowest BCUT2D eigenvalue weighted by atomic mass is 9.85. The Bertz CT molecular complexity index is 1210. The van der Waals surface area contributed by atoms with E-state index in [2.05, 4.69) is 9.80 Å². The lowest BCUT2D eigenvalue weighted by Gasteiger charge is -2.43. The van der Waals surface area contributed by atoms with E-state index in [1.165, 1.54) is 21.1 Å². The number of thiophene rings is 1. The molecule has 0 saturated carbocycles. The Morgan fingerprint density at radius 1 is 0.975 bits per heavy atom. The molecule has 1 aromatic heterocycles. The molecule has 3 heterocycles. The third-order valence-corrected chi connectivity index (χ3v) is 7.76. The Morgan fingerprint density at radius 3 is 2.12 bits per heavy atom. The van der Waals surface area contributed by atoms with Gasteiger partial charge in [-0.2, -0.15) is 0 Å². The number of imide groups is 1.